The van der Waals surface area contributed by atoms with E-state index >= 15 is 0 Å². The number of rotatable bonds is 6. The lowest BCUT2D eigenvalue weighted by atomic mass is 9.91. The predicted molar refractivity (Wildman–Crippen MR) is 281 cm³/mol. The van der Waals surface area contributed by atoms with Crippen molar-refractivity contribution in [2.75, 3.05) is 0 Å². The van der Waals surface area contributed by atoms with Crippen molar-refractivity contribution in [3.63, 3.8) is 0 Å². The average molecular weight is 867 g/mol. The topological polar surface area (TPSA) is 56.7 Å². The number of furan rings is 1. The zero-order valence-electron chi connectivity index (χ0n) is 36.6. The Kier molecular flexibility index (Phi) is 8.52. The third kappa shape index (κ3) is 5.99. The van der Waals surface area contributed by atoms with Crippen molar-refractivity contribution in [1.82, 2.24) is 19.5 Å². The summed E-state index contributed by atoms with van der Waals surface area (Å²) < 4.78 is 9.06. The molecule has 0 saturated heterocycles. The van der Waals surface area contributed by atoms with Gasteiger partial charge in [0.25, 0.3) is 0 Å². The predicted octanol–water partition coefficient (Wildman–Crippen LogP) is 16.7. The van der Waals surface area contributed by atoms with E-state index < -0.39 is 0 Å². The van der Waals surface area contributed by atoms with Crippen molar-refractivity contribution in [3.8, 4) is 62.1 Å². The highest BCUT2D eigenvalue weighted by Gasteiger charge is 2.23. The monoisotopic (exact) mass is 866 g/mol. The van der Waals surface area contributed by atoms with E-state index in [9.17, 15) is 0 Å². The number of nitrogens with zero attached hydrogens (tertiary/aromatic N) is 4. The second-order valence-electron chi connectivity index (χ2n) is 17.5. The zero-order chi connectivity index (χ0) is 44.7. The van der Waals surface area contributed by atoms with Gasteiger partial charge in [0.05, 0.1) is 22.3 Å². The molecule has 0 atom stereocenters. The molecule has 0 fully saturated rings. The summed E-state index contributed by atoms with van der Waals surface area (Å²) >= 11 is 0. The average Bonchev–Trinajstić information content (AvgIpc) is 3.96. The molecule has 68 heavy (non-hydrogen) atoms. The number of benzene rings is 11. The molecule has 0 N–H and O–H groups in total. The highest BCUT2D eigenvalue weighted by molar-refractivity contribution is 6.28. The molecule has 0 aliphatic carbocycles. The molecule has 0 aliphatic rings. The lowest BCUT2D eigenvalue weighted by Crippen LogP contribution is -2.02. The molecule has 0 spiro atoms. The zero-order valence-corrected chi connectivity index (χ0v) is 36.6. The normalized spacial score (nSPS) is 11.8. The summed E-state index contributed by atoms with van der Waals surface area (Å²) in [5, 5.41) is 11.4. The SMILES string of the molecule is c1ccc(-c2ccc3c(c2)c2cc(-c4ccccc4)ccc2n3-c2cc(-c3nc(-c4ccccc4)nc(-c4cccc5c4oc4ccccc45)n3)cc3c4ccccc4c4ccccc4c23)cc1. The number of hydrogen-bond donors (Lipinski definition) is 0. The lowest BCUT2D eigenvalue weighted by molar-refractivity contribution is 0.669. The largest absolute Gasteiger partial charge is 0.455 e. The van der Waals surface area contributed by atoms with Crippen LogP contribution in [0.1, 0.15) is 0 Å². The Morgan fingerprint density at radius 2 is 0.765 bits per heavy atom. The fourth-order valence-electron chi connectivity index (χ4n) is 10.5. The van der Waals surface area contributed by atoms with Crippen LogP contribution in [0.4, 0.5) is 0 Å². The van der Waals surface area contributed by atoms with Crippen molar-refractivity contribution >= 4 is 76.1 Å². The second kappa shape index (κ2) is 15.2. The van der Waals surface area contributed by atoms with Crippen LogP contribution in [-0.2, 0) is 0 Å². The first-order valence-corrected chi connectivity index (χ1v) is 23.0. The minimum atomic E-state index is 0.544. The van der Waals surface area contributed by atoms with Crippen LogP contribution >= 0.6 is 0 Å². The standard InChI is InChI=1S/C63H38N4O/c1-4-17-39(18-5-1)42-31-33-55-52(35-42)53-36-43(40-19-6-2-7-20-40)32-34-56(53)67(55)57-38-44(37-54-47-25-11-10-23-45(47)46-24-12-13-27-49(46)59(54)57)62-64-61(41-21-8-3-9-22-41)65-63(66-62)51-29-16-28-50-48-26-14-15-30-58(48)68-60(50)51/h1-38H. The second-order valence-corrected chi connectivity index (χ2v) is 17.5. The molecule has 0 amide bonds. The quantitative estimate of drug-likeness (QED) is 0.156. The fourth-order valence-corrected chi connectivity index (χ4v) is 10.5. The molecule has 14 rings (SSSR count). The van der Waals surface area contributed by atoms with Crippen molar-refractivity contribution in [1.29, 1.82) is 0 Å². The molecular formula is C63H38N4O. The summed E-state index contributed by atoms with van der Waals surface area (Å²) in [4.78, 5) is 16.0. The molecular weight excluding hydrogens is 829 g/mol. The summed E-state index contributed by atoms with van der Waals surface area (Å²) in [6.07, 6.45) is 0. The molecule has 3 aromatic heterocycles. The van der Waals surface area contributed by atoms with Crippen LogP contribution in [0.25, 0.3) is 138 Å². The molecule has 0 radical (unpaired) electrons. The van der Waals surface area contributed by atoms with Crippen LogP contribution in [0.3, 0.4) is 0 Å². The summed E-state index contributed by atoms with van der Waals surface area (Å²) in [5.41, 5.74) is 12.1. The molecule has 5 heteroatoms. The minimum absolute atomic E-state index is 0.544. The van der Waals surface area contributed by atoms with Gasteiger partial charge in [-0.1, -0.05) is 182 Å². The molecule has 0 unspecified atom stereocenters. The number of para-hydroxylation sites is 2. The van der Waals surface area contributed by atoms with Gasteiger partial charge < -0.3 is 8.98 Å². The maximum absolute atomic E-state index is 6.60. The molecule has 3 heterocycles. The van der Waals surface area contributed by atoms with Gasteiger partial charge in [-0.3, -0.25) is 0 Å². The fraction of sp³-hybridized carbons (Fsp3) is 0. The van der Waals surface area contributed by atoms with E-state index in [1.807, 2.05) is 36.4 Å². The number of fused-ring (bicyclic) bond motifs is 12. The minimum Gasteiger partial charge on any atom is -0.455 e. The van der Waals surface area contributed by atoms with Crippen LogP contribution in [0, 0.1) is 0 Å². The highest BCUT2D eigenvalue weighted by atomic mass is 16.3. The summed E-state index contributed by atoms with van der Waals surface area (Å²) in [5.74, 6) is 1.70. The molecule has 14 aromatic rings. The summed E-state index contributed by atoms with van der Waals surface area (Å²) in [6.45, 7) is 0. The molecule has 0 saturated carbocycles. The molecule has 0 bridgehead atoms. The Hall–Kier alpha value is -9.19. The highest BCUT2D eigenvalue weighted by Crippen LogP contribution is 2.45. The van der Waals surface area contributed by atoms with Gasteiger partial charge >= 0.3 is 0 Å². The maximum atomic E-state index is 6.60. The van der Waals surface area contributed by atoms with Crippen molar-refractivity contribution in [2.45, 2.75) is 0 Å². The summed E-state index contributed by atoms with van der Waals surface area (Å²) in [6, 6.07) is 81.9. The number of aromatic nitrogens is 4. The Morgan fingerprint density at radius 1 is 0.294 bits per heavy atom. The number of hydrogen-bond acceptors (Lipinski definition) is 4. The van der Waals surface area contributed by atoms with E-state index in [1.54, 1.807) is 0 Å². The van der Waals surface area contributed by atoms with Crippen molar-refractivity contribution in [2.24, 2.45) is 0 Å². The molecule has 0 aliphatic heterocycles. The van der Waals surface area contributed by atoms with Gasteiger partial charge in [-0.05, 0) is 97.7 Å². The first kappa shape index (κ1) is 38.1. The van der Waals surface area contributed by atoms with E-state index in [4.69, 9.17) is 19.4 Å². The van der Waals surface area contributed by atoms with Gasteiger partial charge in [0, 0.05) is 38.1 Å². The molecule has 5 nitrogen and oxygen atoms in total. The van der Waals surface area contributed by atoms with Crippen molar-refractivity contribution < 1.29 is 4.42 Å². The first-order valence-electron chi connectivity index (χ1n) is 23.0. The van der Waals surface area contributed by atoms with Gasteiger partial charge in [-0.15, -0.1) is 0 Å². The van der Waals surface area contributed by atoms with Crippen LogP contribution in [0.5, 0.6) is 0 Å². The van der Waals surface area contributed by atoms with E-state index in [-0.39, 0.29) is 0 Å². The van der Waals surface area contributed by atoms with Crippen LogP contribution in [0.2, 0.25) is 0 Å². The summed E-state index contributed by atoms with van der Waals surface area (Å²) in [7, 11) is 0. The van der Waals surface area contributed by atoms with Gasteiger partial charge in [0.15, 0.2) is 17.5 Å². The Labute approximate surface area is 390 Å². The van der Waals surface area contributed by atoms with E-state index in [0.29, 0.717) is 17.5 Å². The lowest BCUT2D eigenvalue weighted by Gasteiger charge is -2.18. The van der Waals surface area contributed by atoms with Gasteiger partial charge in [0.2, 0.25) is 0 Å². The molecule has 316 valence electrons. The van der Waals surface area contributed by atoms with E-state index in [1.165, 1.54) is 49.2 Å². The Bertz CT molecular complexity index is 4210. The van der Waals surface area contributed by atoms with Crippen LogP contribution in [-0.4, -0.2) is 19.5 Å². The van der Waals surface area contributed by atoms with E-state index in [0.717, 1.165) is 71.5 Å². The van der Waals surface area contributed by atoms with Gasteiger partial charge in [0.1, 0.15) is 11.2 Å². The third-order valence-corrected chi connectivity index (χ3v) is 13.6. The van der Waals surface area contributed by atoms with Crippen LogP contribution in [0.15, 0.2) is 235 Å². The van der Waals surface area contributed by atoms with E-state index in [2.05, 4.69) is 199 Å². The van der Waals surface area contributed by atoms with Crippen LogP contribution < -0.4 is 0 Å². The first-order chi connectivity index (χ1) is 33.7. The Morgan fingerprint density at radius 3 is 1.40 bits per heavy atom. The van der Waals surface area contributed by atoms with Gasteiger partial charge in [-0.2, -0.15) is 0 Å². The van der Waals surface area contributed by atoms with Gasteiger partial charge in [-0.25, -0.2) is 15.0 Å². The smallest absolute Gasteiger partial charge is 0.167 e. The maximum Gasteiger partial charge on any atom is 0.167 e. The van der Waals surface area contributed by atoms with Crippen molar-refractivity contribution in [3.05, 3.63) is 231 Å². The molecule has 11 aromatic carbocycles. The third-order valence-electron chi connectivity index (χ3n) is 13.6. The Balaban J connectivity index is 1.11.